The van der Waals surface area contributed by atoms with Gasteiger partial charge in [-0.25, -0.2) is 9.59 Å². The quantitative estimate of drug-likeness (QED) is 0.548. The van der Waals surface area contributed by atoms with Crippen LogP contribution < -0.4 is 11.2 Å². The van der Waals surface area contributed by atoms with Crippen molar-refractivity contribution in [2.75, 3.05) is 0 Å². The molecule has 0 saturated heterocycles. The molecule has 0 spiro atoms. The molecule has 0 aliphatic carbocycles. The number of rotatable bonds is 4. The lowest BCUT2D eigenvalue weighted by Gasteiger charge is -2.35. The van der Waals surface area contributed by atoms with Gasteiger partial charge >= 0.3 is 11.7 Å². The number of esters is 1. The minimum Gasteiger partial charge on any atom is -0.458 e. The van der Waals surface area contributed by atoms with Crippen molar-refractivity contribution < 1.29 is 14.3 Å². The Morgan fingerprint density at radius 3 is 2.39 bits per heavy atom. The maximum Gasteiger partial charge on any atom is 0.330 e. The van der Waals surface area contributed by atoms with Crippen molar-refractivity contribution in [2.45, 2.75) is 25.6 Å². The SMILES string of the molecule is Cn1c(COC(=O)[C@@H]2Cc3ccccc3CN2C(=O)c2ccccc2Cl)cc(=O)n(C)c1=O. The van der Waals surface area contributed by atoms with Crippen molar-refractivity contribution in [2.24, 2.45) is 14.1 Å². The monoisotopic (exact) mass is 467 g/mol. The fourth-order valence-electron chi connectivity index (χ4n) is 3.89. The van der Waals surface area contributed by atoms with Crippen LogP contribution in [0.4, 0.5) is 0 Å². The molecule has 0 bridgehead atoms. The molecule has 1 atom stereocenters. The number of halogens is 1. The second kappa shape index (κ2) is 9.07. The van der Waals surface area contributed by atoms with Gasteiger partial charge in [-0.05, 0) is 23.3 Å². The maximum atomic E-state index is 13.3. The molecule has 1 amide bonds. The average molecular weight is 468 g/mol. The van der Waals surface area contributed by atoms with E-state index in [4.69, 9.17) is 16.3 Å². The molecule has 9 heteroatoms. The molecular weight excluding hydrogens is 446 g/mol. The summed E-state index contributed by atoms with van der Waals surface area (Å²) in [4.78, 5) is 52.1. The summed E-state index contributed by atoms with van der Waals surface area (Å²) in [5.74, 6) is -1.00. The van der Waals surface area contributed by atoms with Crippen LogP contribution >= 0.6 is 11.6 Å². The number of hydrogen-bond acceptors (Lipinski definition) is 5. The van der Waals surface area contributed by atoms with Crippen LogP contribution in [0.25, 0.3) is 0 Å². The number of nitrogens with zero attached hydrogens (tertiary/aromatic N) is 3. The highest BCUT2D eigenvalue weighted by molar-refractivity contribution is 6.33. The molecule has 1 aliphatic rings. The van der Waals surface area contributed by atoms with Gasteiger partial charge in [0.2, 0.25) is 0 Å². The van der Waals surface area contributed by atoms with E-state index in [0.29, 0.717) is 10.6 Å². The van der Waals surface area contributed by atoms with Gasteiger partial charge in [-0.15, -0.1) is 0 Å². The number of aromatic nitrogens is 2. The van der Waals surface area contributed by atoms with E-state index in [1.807, 2.05) is 24.3 Å². The van der Waals surface area contributed by atoms with Gasteiger partial charge in [0.25, 0.3) is 11.5 Å². The van der Waals surface area contributed by atoms with E-state index in [2.05, 4.69) is 0 Å². The Hall–Kier alpha value is -3.65. The summed E-state index contributed by atoms with van der Waals surface area (Å²) in [5, 5.41) is 0.295. The summed E-state index contributed by atoms with van der Waals surface area (Å²) in [6.45, 7) is -0.0444. The number of amides is 1. The molecule has 2 heterocycles. The predicted octanol–water partition coefficient (Wildman–Crippen LogP) is 2.05. The van der Waals surface area contributed by atoms with Crippen LogP contribution in [0.1, 0.15) is 27.2 Å². The lowest BCUT2D eigenvalue weighted by Crippen LogP contribution is -2.49. The van der Waals surface area contributed by atoms with E-state index in [-0.39, 0.29) is 31.2 Å². The van der Waals surface area contributed by atoms with Crippen LogP contribution in [0.3, 0.4) is 0 Å². The Kier molecular flexibility index (Phi) is 6.20. The van der Waals surface area contributed by atoms with Crippen molar-refractivity contribution in [3.63, 3.8) is 0 Å². The Labute approximate surface area is 194 Å². The zero-order chi connectivity index (χ0) is 23.7. The molecule has 0 radical (unpaired) electrons. The number of carbonyl (C=O) groups excluding carboxylic acids is 2. The van der Waals surface area contributed by atoms with Crippen molar-refractivity contribution >= 4 is 23.5 Å². The molecular formula is C24H22ClN3O5. The third kappa shape index (κ3) is 4.34. The van der Waals surface area contributed by atoms with E-state index in [9.17, 15) is 19.2 Å². The van der Waals surface area contributed by atoms with Crippen LogP contribution in [0.15, 0.2) is 64.2 Å². The molecule has 8 nitrogen and oxygen atoms in total. The molecule has 0 unspecified atom stereocenters. The highest BCUT2D eigenvalue weighted by Crippen LogP contribution is 2.27. The summed E-state index contributed by atoms with van der Waals surface area (Å²) in [7, 11) is 2.87. The van der Waals surface area contributed by atoms with Gasteiger partial charge in [-0.2, -0.15) is 0 Å². The molecule has 0 N–H and O–H groups in total. The summed E-state index contributed by atoms with van der Waals surface area (Å²) in [6.07, 6.45) is 0.278. The first-order valence-corrected chi connectivity index (χ1v) is 10.7. The highest BCUT2D eigenvalue weighted by Gasteiger charge is 2.36. The predicted molar refractivity (Wildman–Crippen MR) is 122 cm³/mol. The molecule has 170 valence electrons. The van der Waals surface area contributed by atoms with E-state index in [0.717, 1.165) is 15.7 Å². The van der Waals surface area contributed by atoms with Crippen molar-refractivity contribution in [1.29, 1.82) is 0 Å². The minimum absolute atomic E-state index is 0.227. The van der Waals surface area contributed by atoms with Crippen LogP contribution in [0.2, 0.25) is 5.02 Å². The van der Waals surface area contributed by atoms with Crippen LogP contribution in [-0.4, -0.2) is 32.0 Å². The number of benzene rings is 2. The molecule has 0 saturated carbocycles. The second-order valence-electron chi connectivity index (χ2n) is 7.88. The Balaban J connectivity index is 1.63. The summed E-state index contributed by atoms with van der Waals surface area (Å²) in [5.41, 5.74) is 1.43. The first-order valence-electron chi connectivity index (χ1n) is 10.3. The molecule has 0 fully saturated rings. The molecule has 1 aromatic heterocycles. The maximum absolute atomic E-state index is 13.3. The largest absolute Gasteiger partial charge is 0.458 e. The van der Waals surface area contributed by atoms with E-state index in [1.54, 1.807) is 24.3 Å². The van der Waals surface area contributed by atoms with Gasteiger partial charge in [0.1, 0.15) is 12.6 Å². The number of hydrogen-bond donors (Lipinski definition) is 0. The van der Waals surface area contributed by atoms with Crippen molar-refractivity contribution in [1.82, 2.24) is 14.0 Å². The topological polar surface area (TPSA) is 90.6 Å². The molecule has 1 aliphatic heterocycles. The molecule has 4 rings (SSSR count). The zero-order valence-electron chi connectivity index (χ0n) is 18.2. The Morgan fingerprint density at radius 2 is 1.67 bits per heavy atom. The van der Waals surface area contributed by atoms with E-state index >= 15 is 0 Å². The van der Waals surface area contributed by atoms with Crippen LogP contribution in [-0.2, 0) is 43.2 Å². The van der Waals surface area contributed by atoms with Gasteiger partial charge < -0.3 is 9.64 Å². The summed E-state index contributed by atoms with van der Waals surface area (Å²) in [6, 6.07) is 14.6. The smallest absolute Gasteiger partial charge is 0.330 e. The minimum atomic E-state index is -0.882. The lowest BCUT2D eigenvalue weighted by molar-refractivity contribution is -0.151. The van der Waals surface area contributed by atoms with Gasteiger partial charge in [0.05, 0.1) is 16.3 Å². The van der Waals surface area contributed by atoms with Crippen molar-refractivity contribution in [3.8, 4) is 0 Å². The molecule has 2 aromatic carbocycles. The molecule has 3 aromatic rings. The third-order valence-corrected chi connectivity index (χ3v) is 6.20. The average Bonchev–Trinajstić information content (AvgIpc) is 2.83. The highest BCUT2D eigenvalue weighted by atomic mass is 35.5. The van der Waals surface area contributed by atoms with Gasteiger partial charge in [0.15, 0.2) is 0 Å². The first kappa shape index (κ1) is 22.5. The normalized spacial score (nSPS) is 15.1. The summed E-state index contributed by atoms with van der Waals surface area (Å²) < 4.78 is 7.70. The fourth-order valence-corrected chi connectivity index (χ4v) is 4.11. The first-order chi connectivity index (χ1) is 15.8. The zero-order valence-corrected chi connectivity index (χ0v) is 18.9. The van der Waals surface area contributed by atoms with Crippen LogP contribution in [0.5, 0.6) is 0 Å². The van der Waals surface area contributed by atoms with E-state index < -0.39 is 23.3 Å². The Bertz CT molecular complexity index is 1360. The number of ether oxygens (including phenoxy) is 1. The van der Waals surface area contributed by atoms with Gasteiger partial charge in [0, 0.05) is 33.1 Å². The number of fused-ring (bicyclic) bond motifs is 1. The van der Waals surface area contributed by atoms with Gasteiger partial charge in [-0.1, -0.05) is 48.0 Å². The fraction of sp³-hybridized carbons (Fsp3) is 0.250. The second-order valence-corrected chi connectivity index (χ2v) is 8.29. The number of carbonyl (C=O) groups is 2. The lowest BCUT2D eigenvalue weighted by atomic mass is 9.93. The van der Waals surface area contributed by atoms with Crippen LogP contribution in [0, 0.1) is 0 Å². The Morgan fingerprint density at radius 1 is 1.00 bits per heavy atom. The third-order valence-electron chi connectivity index (χ3n) is 5.87. The van der Waals surface area contributed by atoms with Crippen molar-refractivity contribution in [3.05, 3.63) is 103 Å². The standard InChI is InChI=1S/C24H22ClN3O5/c1-26-17(12-21(29)27(2)24(26)32)14-33-23(31)20-11-15-7-3-4-8-16(15)13-28(20)22(30)18-9-5-6-10-19(18)25/h3-10,12,20H,11,13-14H2,1-2H3/t20-/m0/s1. The van der Waals surface area contributed by atoms with Gasteiger partial charge in [-0.3, -0.25) is 18.7 Å². The molecule has 33 heavy (non-hydrogen) atoms. The summed E-state index contributed by atoms with van der Waals surface area (Å²) >= 11 is 6.24. The van der Waals surface area contributed by atoms with E-state index in [1.165, 1.54) is 29.6 Å².